The second-order valence-corrected chi connectivity index (χ2v) is 6.06. The number of phenolic OH excluding ortho intramolecular Hbond substituents is 1. The van der Waals surface area contributed by atoms with Crippen molar-refractivity contribution in [2.75, 3.05) is 4.90 Å². The van der Waals surface area contributed by atoms with E-state index in [9.17, 15) is 14.7 Å². The minimum Gasteiger partial charge on any atom is -0.505 e. The predicted octanol–water partition coefficient (Wildman–Crippen LogP) is 3.91. The molecule has 2 N–H and O–H groups in total. The van der Waals surface area contributed by atoms with Gasteiger partial charge in [-0.1, -0.05) is 29.8 Å². The van der Waals surface area contributed by atoms with Crippen LogP contribution in [-0.4, -0.2) is 17.0 Å². The van der Waals surface area contributed by atoms with E-state index in [0.29, 0.717) is 15.7 Å². The Bertz CT molecular complexity index is 813. The highest BCUT2D eigenvalue weighted by molar-refractivity contribution is 9.10. The summed E-state index contributed by atoms with van der Waals surface area (Å²) in [6.45, 7) is 0. The second-order valence-electron chi connectivity index (χ2n) is 4.80. The Balaban J connectivity index is 1.96. The predicted molar refractivity (Wildman–Crippen MR) is 91.3 cm³/mol. The fourth-order valence-corrected chi connectivity index (χ4v) is 3.00. The summed E-state index contributed by atoms with van der Waals surface area (Å²) in [5.74, 6) is -0.539. The van der Waals surface area contributed by atoms with E-state index in [2.05, 4.69) is 21.2 Å². The smallest absolute Gasteiger partial charge is 0.333 e. The Kier molecular flexibility index (Phi) is 4.11. The second kappa shape index (κ2) is 6.06. The Morgan fingerprint density at radius 3 is 2.52 bits per heavy atom. The fourth-order valence-electron chi connectivity index (χ4n) is 2.18. The number of benzene rings is 2. The van der Waals surface area contributed by atoms with Gasteiger partial charge in [0, 0.05) is 0 Å². The number of imide groups is 1. The maximum Gasteiger partial charge on any atom is 0.333 e. The van der Waals surface area contributed by atoms with Crippen molar-refractivity contribution < 1.29 is 14.7 Å². The van der Waals surface area contributed by atoms with Crippen molar-refractivity contribution in [1.29, 1.82) is 0 Å². The molecular formula is C16H10BrClN2O3. The Morgan fingerprint density at radius 1 is 1.17 bits per heavy atom. The third-order valence-corrected chi connectivity index (χ3v) is 4.14. The molecule has 1 heterocycles. The topological polar surface area (TPSA) is 69.6 Å². The molecule has 116 valence electrons. The number of amides is 3. The Hall–Kier alpha value is -2.31. The van der Waals surface area contributed by atoms with Gasteiger partial charge in [0.05, 0.1) is 15.2 Å². The van der Waals surface area contributed by atoms with Gasteiger partial charge in [0.1, 0.15) is 11.4 Å². The summed E-state index contributed by atoms with van der Waals surface area (Å²) in [5.41, 5.74) is 1.19. The van der Waals surface area contributed by atoms with E-state index in [1.165, 1.54) is 12.1 Å². The number of hydrogen-bond acceptors (Lipinski definition) is 3. The van der Waals surface area contributed by atoms with Crippen LogP contribution in [0.15, 0.2) is 52.6 Å². The van der Waals surface area contributed by atoms with Crippen LogP contribution in [0.5, 0.6) is 5.75 Å². The summed E-state index contributed by atoms with van der Waals surface area (Å²) in [5, 5.41) is 12.3. The number of nitrogens with zero attached hydrogens (tertiary/aromatic N) is 1. The molecule has 3 rings (SSSR count). The summed E-state index contributed by atoms with van der Waals surface area (Å²) < 4.78 is 0.397. The van der Waals surface area contributed by atoms with E-state index in [1.54, 1.807) is 36.4 Å². The van der Waals surface area contributed by atoms with Gasteiger partial charge in [0.25, 0.3) is 5.91 Å². The third kappa shape index (κ3) is 2.95. The first-order valence-electron chi connectivity index (χ1n) is 6.57. The number of urea groups is 1. The minimum atomic E-state index is -0.517. The van der Waals surface area contributed by atoms with Crippen LogP contribution in [0.2, 0.25) is 5.02 Å². The molecule has 0 aromatic heterocycles. The lowest BCUT2D eigenvalue weighted by Gasteiger charge is -2.10. The number of hydrogen-bond donors (Lipinski definition) is 2. The number of para-hydroxylation sites is 1. The first-order chi connectivity index (χ1) is 11.0. The van der Waals surface area contributed by atoms with Crippen molar-refractivity contribution in [2.24, 2.45) is 0 Å². The van der Waals surface area contributed by atoms with Gasteiger partial charge < -0.3 is 10.4 Å². The van der Waals surface area contributed by atoms with E-state index in [4.69, 9.17) is 11.6 Å². The summed E-state index contributed by atoms with van der Waals surface area (Å²) in [6, 6.07) is 11.2. The van der Waals surface area contributed by atoms with Crippen LogP contribution in [0, 0.1) is 0 Å². The highest BCUT2D eigenvalue weighted by atomic mass is 79.9. The molecule has 0 radical (unpaired) electrons. The molecule has 1 aliphatic heterocycles. The molecule has 2 aromatic carbocycles. The molecule has 0 aliphatic carbocycles. The zero-order valence-electron chi connectivity index (χ0n) is 11.6. The number of rotatable bonds is 2. The first kappa shape index (κ1) is 15.6. The third-order valence-electron chi connectivity index (χ3n) is 3.24. The monoisotopic (exact) mass is 392 g/mol. The normalized spacial score (nSPS) is 16.1. The lowest BCUT2D eigenvalue weighted by Crippen LogP contribution is -2.30. The van der Waals surface area contributed by atoms with Gasteiger partial charge in [-0.2, -0.15) is 0 Å². The average Bonchev–Trinajstić information content (AvgIpc) is 2.80. The van der Waals surface area contributed by atoms with Crippen LogP contribution >= 0.6 is 27.5 Å². The van der Waals surface area contributed by atoms with Crippen LogP contribution in [-0.2, 0) is 4.79 Å². The number of aromatic hydroxyl groups is 1. The summed E-state index contributed by atoms with van der Waals surface area (Å²) in [4.78, 5) is 25.5. The van der Waals surface area contributed by atoms with Crippen molar-refractivity contribution in [3.8, 4) is 5.75 Å². The maximum atomic E-state index is 12.4. The van der Waals surface area contributed by atoms with Crippen LogP contribution in [0.25, 0.3) is 6.08 Å². The molecule has 0 atom stereocenters. The minimum absolute atomic E-state index is 0.0819. The number of carbonyl (C=O) groups excluding carboxylic acids is 2. The summed E-state index contributed by atoms with van der Waals surface area (Å²) in [7, 11) is 0. The van der Waals surface area contributed by atoms with Gasteiger partial charge in [-0.15, -0.1) is 0 Å². The number of anilines is 1. The summed E-state index contributed by atoms with van der Waals surface area (Å²) in [6.07, 6.45) is 1.50. The molecule has 2 aromatic rings. The standard InChI is InChI=1S/C16H10BrClN2O3/c17-11-6-9(7-12(18)14(11)21)8-13-15(22)20(16(23)19-13)10-4-2-1-3-5-10/h1-8,21H,(H,19,23). The molecule has 0 spiro atoms. The largest absolute Gasteiger partial charge is 0.505 e. The molecule has 0 bridgehead atoms. The van der Waals surface area contributed by atoms with E-state index >= 15 is 0 Å². The van der Waals surface area contributed by atoms with Gasteiger partial charge in [0.2, 0.25) is 0 Å². The first-order valence-corrected chi connectivity index (χ1v) is 7.74. The van der Waals surface area contributed by atoms with Gasteiger partial charge in [-0.05, 0) is 51.8 Å². The molecule has 0 unspecified atom stereocenters. The van der Waals surface area contributed by atoms with Gasteiger partial charge in [-0.3, -0.25) is 4.79 Å². The Labute approximate surface area is 145 Å². The van der Waals surface area contributed by atoms with Gasteiger partial charge >= 0.3 is 6.03 Å². The van der Waals surface area contributed by atoms with E-state index in [-0.39, 0.29) is 16.5 Å². The zero-order chi connectivity index (χ0) is 16.6. The number of nitrogens with one attached hydrogen (secondary N) is 1. The lowest BCUT2D eigenvalue weighted by molar-refractivity contribution is -0.113. The highest BCUT2D eigenvalue weighted by Gasteiger charge is 2.34. The SMILES string of the molecule is O=C1NC(=Cc2cc(Cl)c(O)c(Br)c2)C(=O)N1c1ccccc1. The van der Waals surface area contributed by atoms with Crippen LogP contribution in [0.4, 0.5) is 10.5 Å². The molecule has 5 nitrogen and oxygen atoms in total. The highest BCUT2D eigenvalue weighted by Crippen LogP contribution is 2.34. The molecule has 0 saturated carbocycles. The number of carbonyl (C=O) groups is 2. The van der Waals surface area contributed by atoms with Crippen LogP contribution < -0.4 is 10.2 Å². The molecule has 3 amide bonds. The Morgan fingerprint density at radius 2 is 1.87 bits per heavy atom. The van der Waals surface area contributed by atoms with Crippen LogP contribution in [0.3, 0.4) is 0 Å². The molecule has 23 heavy (non-hydrogen) atoms. The van der Waals surface area contributed by atoms with Crippen molar-refractivity contribution in [3.05, 3.63) is 63.2 Å². The fraction of sp³-hybridized carbons (Fsp3) is 0. The average molecular weight is 394 g/mol. The van der Waals surface area contributed by atoms with Crippen LogP contribution in [0.1, 0.15) is 5.56 Å². The molecule has 1 fully saturated rings. The molecule has 1 aliphatic rings. The number of phenols is 1. The van der Waals surface area contributed by atoms with E-state index in [0.717, 1.165) is 4.90 Å². The quantitative estimate of drug-likeness (QED) is 0.600. The molecule has 7 heteroatoms. The summed E-state index contributed by atoms with van der Waals surface area (Å²) >= 11 is 9.08. The molecular weight excluding hydrogens is 384 g/mol. The van der Waals surface area contributed by atoms with Crippen molar-refractivity contribution in [2.45, 2.75) is 0 Å². The zero-order valence-corrected chi connectivity index (χ0v) is 13.9. The van der Waals surface area contributed by atoms with Gasteiger partial charge in [-0.25, -0.2) is 9.69 Å². The van der Waals surface area contributed by atoms with E-state index in [1.807, 2.05) is 0 Å². The van der Waals surface area contributed by atoms with Crippen molar-refractivity contribution >= 4 is 51.2 Å². The van der Waals surface area contributed by atoms with Gasteiger partial charge in [0.15, 0.2) is 0 Å². The molecule has 1 saturated heterocycles. The van der Waals surface area contributed by atoms with E-state index < -0.39 is 11.9 Å². The lowest BCUT2D eigenvalue weighted by atomic mass is 10.2. The van der Waals surface area contributed by atoms with Crippen molar-refractivity contribution in [3.63, 3.8) is 0 Å². The number of halogens is 2. The maximum absolute atomic E-state index is 12.4. The van der Waals surface area contributed by atoms with Crippen molar-refractivity contribution in [1.82, 2.24) is 5.32 Å².